The van der Waals surface area contributed by atoms with Gasteiger partial charge in [-0.15, -0.1) is 0 Å². The number of esters is 1. The number of carbonyl (C=O) groups excluding carboxylic acids is 3. The molecule has 0 heterocycles. The van der Waals surface area contributed by atoms with Gasteiger partial charge in [0.1, 0.15) is 5.60 Å². The summed E-state index contributed by atoms with van der Waals surface area (Å²) in [5, 5.41) is 5.42. The summed E-state index contributed by atoms with van der Waals surface area (Å²) in [6, 6.07) is 14.4. The van der Waals surface area contributed by atoms with Gasteiger partial charge in [0.15, 0.2) is 0 Å². The second-order valence-corrected chi connectivity index (χ2v) is 8.76. The highest BCUT2D eigenvalue weighted by atomic mass is 16.6. The highest BCUT2D eigenvalue weighted by molar-refractivity contribution is 6.05. The first-order valence-electron chi connectivity index (χ1n) is 11.5. The smallest absolute Gasteiger partial charge is 0.412 e. The summed E-state index contributed by atoms with van der Waals surface area (Å²) >= 11 is 0. The Hall–Kier alpha value is -3.61. The molecule has 2 N–H and O–H groups in total. The van der Waals surface area contributed by atoms with Crippen LogP contribution in [0.15, 0.2) is 54.6 Å². The maximum Gasteiger partial charge on any atom is 0.412 e. The van der Waals surface area contributed by atoms with E-state index in [1.807, 2.05) is 31.2 Å². The number of nitrogens with one attached hydrogen (secondary N) is 2. The van der Waals surface area contributed by atoms with Gasteiger partial charge in [-0.2, -0.15) is 0 Å². The summed E-state index contributed by atoms with van der Waals surface area (Å²) < 4.78 is 10.5. The molecule has 0 aliphatic heterocycles. The molecule has 0 saturated carbocycles. The lowest BCUT2D eigenvalue weighted by molar-refractivity contribution is -0.145. The van der Waals surface area contributed by atoms with Crippen molar-refractivity contribution in [3.8, 4) is 0 Å². The van der Waals surface area contributed by atoms with Crippen LogP contribution >= 0.6 is 0 Å². The number of carbonyl (C=O) groups is 3. The maximum absolute atomic E-state index is 12.5. The number of hydrogen-bond donors (Lipinski definition) is 2. The molecule has 182 valence electrons. The number of amides is 2. The van der Waals surface area contributed by atoms with E-state index in [9.17, 15) is 14.4 Å². The van der Waals surface area contributed by atoms with Crippen LogP contribution in [-0.2, 0) is 19.1 Å². The van der Waals surface area contributed by atoms with Crippen LogP contribution in [0.5, 0.6) is 0 Å². The molecule has 1 unspecified atom stereocenters. The van der Waals surface area contributed by atoms with E-state index in [2.05, 4.69) is 10.6 Å². The zero-order valence-corrected chi connectivity index (χ0v) is 20.5. The number of benzene rings is 2. The zero-order valence-electron chi connectivity index (χ0n) is 20.5. The lowest BCUT2D eigenvalue weighted by Gasteiger charge is -2.20. The van der Waals surface area contributed by atoms with Gasteiger partial charge in [-0.1, -0.05) is 49.7 Å². The molecule has 0 aliphatic carbocycles. The first-order chi connectivity index (χ1) is 16.1. The highest BCUT2D eigenvalue weighted by Gasteiger charge is 2.21. The van der Waals surface area contributed by atoms with Crippen molar-refractivity contribution < 1.29 is 23.9 Å². The summed E-state index contributed by atoms with van der Waals surface area (Å²) in [4.78, 5) is 36.8. The third-order valence-corrected chi connectivity index (χ3v) is 4.74. The molecule has 0 spiro atoms. The summed E-state index contributed by atoms with van der Waals surface area (Å²) in [5.74, 6) is -0.858. The Morgan fingerprint density at radius 2 is 1.56 bits per heavy atom. The number of anilines is 2. The van der Waals surface area contributed by atoms with E-state index in [0.717, 1.165) is 17.5 Å². The molecule has 0 fully saturated rings. The fourth-order valence-corrected chi connectivity index (χ4v) is 3.25. The Bertz CT molecular complexity index is 1010. The second kappa shape index (κ2) is 12.6. The minimum Gasteiger partial charge on any atom is -0.466 e. The van der Waals surface area contributed by atoms with Crippen LogP contribution < -0.4 is 10.6 Å². The number of rotatable bonds is 9. The monoisotopic (exact) mass is 466 g/mol. The topological polar surface area (TPSA) is 93.7 Å². The molecule has 0 aromatic heterocycles. The zero-order chi connectivity index (χ0) is 25.1. The van der Waals surface area contributed by atoms with E-state index in [0.29, 0.717) is 24.4 Å². The molecule has 1 atom stereocenters. The molecule has 2 rings (SSSR count). The third kappa shape index (κ3) is 8.73. The van der Waals surface area contributed by atoms with Crippen LogP contribution in [0.25, 0.3) is 6.08 Å². The van der Waals surface area contributed by atoms with Crippen LogP contribution in [0.4, 0.5) is 16.2 Å². The van der Waals surface area contributed by atoms with Crippen molar-refractivity contribution >= 4 is 35.4 Å². The van der Waals surface area contributed by atoms with Gasteiger partial charge in [-0.05, 0) is 63.5 Å². The number of para-hydroxylation sites is 2. The fourth-order valence-electron chi connectivity index (χ4n) is 3.25. The summed E-state index contributed by atoms with van der Waals surface area (Å²) in [5.41, 5.74) is 1.97. The van der Waals surface area contributed by atoms with Gasteiger partial charge in [-0.25, -0.2) is 4.79 Å². The Balaban J connectivity index is 2.04. The number of hydrogen-bond acceptors (Lipinski definition) is 5. The van der Waals surface area contributed by atoms with Crippen molar-refractivity contribution in [1.82, 2.24) is 0 Å². The predicted molar refractivity (Wildman–Crippen MR) is 135 cm³/mol. The van der Waals surface area contributed by atoms with Gasteiger partial charge >= 0.3 is 12.1 Å². The first-order valence-corrected chi connectivity index (χ1v) is 11.5. The molecule has 34 heavy (non-hydrogen) atoms. The molecule has 2 aromatic rings. The van der Waals surface area contributed by atoms with Crippen LogP contribution in [-0.4, -0.2) is 30.2 Å². The first kappa shape index (κ1) is 26.6. The Morgan fingerprint density at radius 3 is 2.12 bits per heavy atom. The van der Waals surface area contributed by atoms with Crippen LogP contribution in [0.2, 0.25) is 0 Å². The van der Waals surface area contributed by atoms with E-state index in [4.69, 9.17) is 9.47 Å². The van der Waals surface area contributed by atoms with Gasteiger partial charge in [-0.3, -0.25) is 14.9 Å². The molecule has 2 aromatic carbocycles. The molecular weight excluding hydrogens is 432 g/mol. The lowest BCUT2D eigenvalue weighted by Crippen LogP contribution is -2.27. The standard InChI is InChI=1S/C27H34N2O5/c1-6-10-21(25(31)33-7-2)20-16-13-19(14-17-20)15-18-24(30)28-22-11-8-9-12-23(22)29-26(32)34-27(3,4)5/h8-9,11-18,21H,6-7,10H2,1-5H3,(H,28,30)(H,29,32). The normalized spacial score (nSPS) is 12.1. The van der Waals surface area contributed by atoms with Crippen LogP contribution in [0.1, 0.15) is 64.5 Å². The number of ether oxygens (including phenoxy) is 2. The van der Waals surface area contributed by atoms with E-state index in [-0.39, 0.29) is 17.8 Å². The second-order valence-electron chi connectivity index (χ2n) is 8.76. The van der Waals surface area contributed by atoms with Gasteiger partial charge in [0.2, 0.25) is 5.91 Å². The summed E-state index contributed by atoms with van der Waals surface area (Å²) in [6.07, 6.45) is 4.08. The molecule has 0 bridgehead atoms. The molecule has 0 saturated heterocycles. The highest BCUT2D eigenvalue weighted by Crippen LogP contribution is 2.24. The van der Waals surface area contributed by atoms with E-state index < -0.39 is 11.7 Å². The van der Waals surface area contributed by atoms with Gasteiger partial charge in [0.25, 0.3) is 0 Å². The Kier molecular flexibility index (Phi) is 9.86. The van der Waals surface area contributed by atoms with E-state index >= 15 is 0 Å². The molecule has 7 nitrogen and oxygen atoms in total. The molecule has 7 heteroatoms. The van der Waals surface area contributed by atoms with Gasteiger partial charge < -0.3 is 14.8 Å². The van der Waals surface area contributed by atoms with Crippen molar-refractivity contribution in [3.05, 3.63) is 65.7 Å². The Labute approximate surface area is 201 Å². The molecule has 0 radical (unpaired) electrons. The van der Waals surface area contributed by atoms with Crippen LogP contribution in [0, 0.1) is 0 Å². The average molecular weight is 467 g/mol. The molecule has 2 amide bonds. The quantitative estimate of drug-likeness (QED) is 0.342. The van der Waals surface area contributed by atoms with Crippen molar-refractivity contribution in [1.29, 1.82) is 0 Å². The van der Waals surface area contributed by atoms with Crippen LogP contribution in [0.3, 0.4) is 0 Å². The Morgan fingerprint density at radius 1 is 0.941 bits per heavy atom. The van der Waals surface area contributed by atoms with E-state index in [1.54, 1.807) is 58.0 Å². The summed E-state index contributed by atoms with van der Waals surface area (Å²) in [6.45, 7) is 9.51. The SMILES string of the molecule is CCCC(C(=O)OCC)c1ccc(C=CC(=O)Nc2ccccc2NC(=O)OC(C)(C)C)cc1. The van der Waals surface area contributed by atoms with Crippen molar-refractivity contribution in [2.45, 2.75) is 59.0 Å². The molecule has 0 aliphatic rings. The average Bonchev–Trinajstić information content (AvgIpc) is 2.77. The minimum absolute atomic E-state index is 0.217. The molecular formula is C27H34N2O5. The largest absolute Gasteiger partial charge is 0.466 e. The van der Waals surface area contributed by atoms with Gasteiger partial charge in [0, 0.05) is 6.08 Å². The fraction of sp³-hybridized carbons (Fsp3) is 0.370. The van der Waals surface area contributed by atoms with Crippen molar-refractivity contribution in [2.24, 2.45) is 0 Å². The minimum atomic E-state index is -0.632. The van der Waals surface area contributed by atoms with Gasteiger partial charge in [0.05, 0.1) is 23.9 Å². The third-order valence-electron chi connectivity index (χ3n) is 4.74. The van der Waals surface area contributed by atoms with E-state index in [1.165, 1.54) is 6.08 Å². The van der Waals surface area contributed by atoms with Crippen molar-refractivity contribution in [3.63, 3.8) is 0 Å². The predicted octanol–water partition coefficient (Wildman–Crippen LogP) is 6.13. The van der Waals surface area contributed by atoms with Crippen molar-refractivity contribution in [2.75, 3.05) is 17.2 Å². The maximum atomic E-state index is 12.5. The summed E-state index contributed by atoms with van der Waals surface area (Å²) in [7, 11) is 0. The lowest BCUT2D eigenvalue weighted by atomic mass is 9.94.